The third kappa shape index (κ3) is 67.3. The van der Waals surface area contributed by atoms with E-state index in [0.717, 1.165) is 128 Å². The molecule has 6 heteroatoms. The van der Waals surface area contributed by atoms with Crippen molar-refractivity contribution in [2.45, 2.75) is 361 Å². The Bertz CT molecular complexity index is 1530. The van der Waals surface area contributed by atoms with Crippen LogP contribution in [-0.2, 0) is 28.6 Å². The Morgan fingerprint density at radius 3 is 0.815 bits per heavy atom. The molecule has 0 saturated heterocycles. The predicted molar refractivity (Wildman–Crippen MR) is 353 cm³/mol. The number of hydrogen-bond donors (Lipinski definition) is 0. The van der Waals surface area contributed by atoms with E-state index < -0.39 is 6.10 Å². The summed E-state index contributed by atoms with van der Waals surface area (Å²) in [6.07, 6.45) is 92.1. The van der Waals surface area contributed by atoms with Gasteiger partial charge >= 0.3 is 17.9 Å². The van der Waals surface area contributed by atoms with Crippen molar-refractivity contribution in [3.05, 3.63) is 85.1 Å². The summed E-state index contributed by atoms with van der Waals surface area (Å²) in [5.41, 5.74) is 0. The Hall–Kier alpha value is -3.41. The normalized spacial score (nSPS) is 12.6. The van der Waals surface area contributed by atoms with Crippen LogP contribution in [0.25, 0.3) is 0 Å². The minimum absolute atomic E-state index is 0.0872. The highest BCUT2D eigenvalue weighted by atomic mass is 16.6. The highest BCUT2D eigenvalue weighted by molar-refractivity contribution is 5.71. The van der Waals surface area contributed by atoms with E-state index in [-0.39, 0.29) is 31.1 Å². The van der Waals surface area contributed by atoms with Crippen LogP contribution in [0.15, 0.2) is 85.1 Å². The molecule has 0 spiro atoms. The van der Waals surface area contributed by atoms with Crippen LogP contribution in [0.1, 0.15) is 355 Å². The van der Waals surface area contributed by atoms with Crippen LogP contribution in [0.2, 0.25) is 0 Å². The average Bonchev–Trinajstić information content (AvgIpc) is 3.47. The van der Waals surface area contributed by atoms with Crippen molar-refractivity contribution in [2.75, 3.05) is 13.2 Å². The zero-order valence-corrected chi connectivity index (χ0v) is 53.8. The average molecular weight is 1130 g/mol. The number of carbonyl (C=O) groups excluding carboxylic acids is 3. The molecule has 0 heterocycles. The predicted octanol–water partition coefficient (Wildman–Crippen LogP) is 24.2. The summed E-state index contributed by atoms with van der Waals surface area (Å²) in [7, 11) is 0. The van der Waals surface area contributed by atoms with Crippen LogP contribution in [0.4, 0.5) is 0 Å². The van der Waals surface area contributed by atoms with E-state index in [9.17, 15) is 14.4 Å². The number of carbonyl (C=O) groups is 3. The van der Waals surface area contributed by atoms with Crippen molar-refractivity contribution in [1.82, 2.24) is 0 Å². The molecule has 0 N–H and O–H groups in total. The lowest BCUT2D eigenvalue weighted by atomic mass is 10.0. The van der Waals surface area contributed by atoms with Gasteiger partial charge in [0.1, 0.15) is 13.2 Å². The van der Waals surface area contributed by atoms with Crippen molar-refractivity contribution >= 4 is 17.9 Å². The Morgan fingerprint density at radius 1 is 0.259 bits per heavy atom. The lowest BCUT2D eigenvalue weighted by Crippen LogP contribution is -2.30. The summed E-state index contributed by atoms with van der Waals surface area (Å²) in [6.45, 7) is 6.48. The maximum absolute atomic E-state index is 12.9. The zero-order chi connectivity index (χ0) is 58.5. The molecule has 0 rings (SSSR count). The Kier molecular flexibility index (Phi) is 66.2. The molecule has 0 aliphatic heterocycles. The van der Waals surface area contributed by atoms with Gasteiger partial charge in [-0.15, -0.1) is 0 Å². The van der Waals surface area contributed by atoms with Crippen molar-refractivity contribution in [3.63, 3.8) is 0 Å². The van der Waals surface area contributed by atoms with Gasteiger partial charge in [-0.25, -0.2) is 0 Å². The lowest BCUT2D eigenvalue weighted by Gasteiger charge is -2.18. The first-order valence-electron chi connectivity index (χ1n) is 35.1. The van der Waals surface area contributed by atoms with Gasteiger partial charge in [0.05, 0.1) is 0 Å². The van der Waals surface area contributed by atoms with Crippen molar-refractivity contribution in [1.29, 1.82) is 0 Å². The highest BCUT2D eigenvalue weighted by Crippen LogP contribution is 2.18. The van der Waals surface area contributed by atoms with Gasteiger partial charge in [0, 0.05) is 19.3 Å². The topological polar surface area (TPSA) is 78.9 Å². The summed E-state index contributed by atoms with van der Waals surface area (Å²) < 4.78 is 16.9. The molecule has 0 amide bonds. The van der Waals surface area contributed by atoms with Gasteiger partial charge in [-0.05, 0) is 89.9 Å². The fourth-order valence-electron chi connectivity index (χ4n) is 10.2. The van der Waals surface area contributed by atoms with Crippen molar-refractivity contribution in [3.8, 4) is 0 Å². The Labute approximate surface area is 503 Å². The molecule has 6 nitrogen and oxygen atoms in total. The van der Waals surface area contributed by atoms with E-state index in [1.807, 2.05) is 0 Å². The van der Waals surface area contributed by atoms with Gasteiger partial charge in [-0.3, -0.25) is 14.4 Å². The van der Waals surface area contributed by atoms with Crippen LogP contribution >= 0.6 is 0 Å². The van der Waals surface area contributed by atoms with E-state index in [2.05, 4.69) is 106 Å². The number of allylic oxidation sites excluding steroid dienone is 14. The second-order valence-electron chi connectivity index (χ2n) is 23.4. The molecule has 1 unspecified atom stereocenters. The standard InChI is InChI=1S/C75H132O6/c1-4-7-10-13-16-19-22-24-26-28-30-32-34-35-36-37-38-39-40-42-43-45-47-49-51-53-56-59-62-65-68-74(77)80-71-72(70-79-73(76)67-64-61-58-55-21-18-15-12-9-6-3)81-75(78)69-66-63-60-57-54-52-50-48-46-44-41-33-31-29-27-25-23-20-17-14-11-8-5-2/h8,11-12,15,17,20,25,27,31,33,44,46,50,52,72H,4-7,9-10,13-14,16,18-19,21-24,26,28-30,32,34-43,45,47-49,51,53-71H2,1-3H3/b11-8-,15-12-,20-17-,27-25-,33-31-,46-44-,52-50-. The second-order valence-corrected chi connectivity index (χ2v) is 23.4. The first-order chi connectivity index (χ1) is 40.0. The van der Waals surface area contributed by atoms with Gasteiger partial charge in [0.25, 0.3) is 0 Å². The van der Waals surface area contributed by atoms with E-state index >= 15 is 0 Å². The van der Waals surface area contributed by atoms with Crippen molar-refractivity contribution < 1.29 is 28.6 Å². The molecule has 0 aliphatic carbocycles. The van der Waals surface area contributed by atoms with Gasteiger partial charge in [0.2, 0.25) is 0 Å². The molecule has 0 aromatic heterocycles. The molecule has 0 bridgehead atoms. The highest BCUT2D eigenvalue weighted by Gasteiger charge is 2.19. The first-order valence-corrected chi connectivity index (χ1v) is 35.1. The fourth-order valence-corrected chi connectivity index (χ4v) is 10.2. The molecular weight excluding hydrogens is 997 g/mol. The molecule has 0 aromatic rings. The van der Waals surface area contributed by atoms with Crippen LogP contribution in [0.3, 0.4) is 0 Å². The summed E-state index contributed by atoms with van der Waals surface area (Å²) >= 11 is 0. The number of unbranched alkanes of at least 4 members (excludes halogenated alkanes) is 39. The third-order valence-electron chi connectivity index (χ3n) is 15.4. The molecule has 1 atom stereocenters. The molecule has 0 aromatic carbocycles. The van der Waals surface area contributed by atoms with Gasteiger partial charge in [-0.1, -0.05) is 331 Å². The molecule has 0 aliphatic rings. The molecule has 468 valence electrons. The van der Waals surface area contributed by atoms with Gasteiger partial charge in [-0.2, -0.15) is 0 Å². The molecule has 0 radical (unpaired) electrons. The van der Waals surface area contributed by atoms with Gasteiger partial charge in [0.15, 0.2) is 6.10 Å². The molecule has 0 saturated carbocycles. The monoisotopic (exact) mass is 1130 g/mol. The van der Waals surface area contributed by atoms with Crippen LogP contribution in [0.5, 0.6) is 0 Å². The summed E-state index contributed by atoms with van der Waals surface area (Å²) in [6, 6.07) is 0. The summed E-state index contributed by atoms with van der Waals surface area (Å²) in [4.78, 5) is 38.3. The molecule has 81 heavy (non-hydrogen) atoms. The Morgan fingerprint density at radius 2 is 0.506 bits per heavy atom. The number of hydrogen-bond acceptors (Lipinski definition) is 6. The summed E-state index contributed by atoms with van der Waals surface area (Å²) in [5, 5.41) is 0. The minimum atomic E-state index is -0.794. The molecular formula is C75H132O6. The molecule has 0 fully saturated rings. The number of rotatable bonds is 64. The van der Waals surface area contributed by atoms with Gasteiger partial charge < -0.3 is 14.2 Å². The minimum Gasteiger partial charge on any atom is -0.462 e. The zero-order valence-electron chi connectivity index (χ0n) is 53.8. The van der Waals surface area contributed by atoms with Crippen molar-refractivity contribution in [2.24, 2.45) is 0 Å². The van der Waals surface area contributed by atoms with Crippen LogP contribution in [0, 0.1) is 0 Å². The van der Waals surface area contributed by atoms with Crippen LogP contribution < -0.4 is 0 Å². The lowest BCUT2D eigenvalue weighted by molar-refractivity contribution is -0.167. The van der Waals surface area contributed by atoms with Crippen LogP contribution in [-0.4, -0.2) is 37.2 Å². The smallest absolute Gasteiger partial charge is 0.306 e. The number of ether oxygens (including phenoxy) is 3. The maximum Gasteiger partial charge on any atom is 0.306 e. The summed E-state index contributed by atoms with van der Waals surface area (Å²) in [5.74, 6) is -0.909. The fraction of sp³-hybridized carbons (Fsp3) is 0.773. The quantitative estimate of drug-likeness (QED) is 0.0261. The largest absolute Gasteiger partial charge is 0.462 e. The maximum atomic E-state index is 12.9. The van der Waals surface area contributed by atoms with E-state index in [0.29, 0.717) is 19.3 Å². The van der Waals surface area contributed by atoms with E-state index in [1.165, 1.54) is 186 Å². The first kappa shape index (κ1) is 77.6. The number of esters is 3. The third-order valence-corrected chi connectivity index (χ3v) is 15.4. The van der Waals surface area contributed by atoms with E-state index in [4.69, 9.17) is 14.2 Å². The second kappa shape index (κ2) is 69.1. The van der Waals surface area contributed by atoms with E-state index in [1.54, 1.807) is 0 Å². The Balaban J connectivity index is 4.18. The SMILES string of the molecule is CC/C=C\C/C=C\C/C=C\C/C=C\C/C=C\C/C=C\CCCCCCC(=O)OC(COC(=O)CCCCCCC/C=C\CCC)COC(=O)CCCCCCCCCCCCCCCCCCCCCCCCCCCCCCCC.